The Balaban J connectivity index is 1.83. The number of benzene rings is 2. The Hall–Kier alpha value is -3.07. The van der Waals surface area contributed by atoms with E-state index in [2.05, 4.69) is 10.4 Å². The van der Waals surface area contributed by atoms with Crippen LogP contribution < -0.4 is 14.8 Å². The zero-order valence-corrected chi connectivity index (χ0v) is 19.9. The predicted molar refractivity (Wildman–Crippen MR) is 129 cm³/mol. The fraction of sp³-hybridized carbons (Fsp3) is 0.375. The van der Waals surface area contributed by atoms with Crippen molar-refractivity contribution in [2.24, 2.45) is 11.0 Å². The molecule has 0 saturated carbocycles. The number of hydrogen-bond donors (Lipinski definition) is 1. The Bertz CT molecular complexity index is 1030. The van der Waals surface area contributed by atoms with Gasteiger partial charge in [-0.15, -0.1) is 0 Å². The zero-order chi connectivity index (χ0) is 24.0. The summed E-state index contributed by atoms with van der Waals surface area (Å²) in [5.74, 6) is 0.542. The summed E-state index contributed by atoms with van der Waals surface area (Å²) in [7, 11) is 1.49. The topological polar surface area (TPSA) is 80.2 Å². The van der Waals surface area contributed by atoms with Crippen LogP contribution in [-0.2, 0) is 11.3 Å². The molecule has 1 atom stereocenters. The average Bonchev–Trinajstić information content (AvgIpc) is 2.81. The molecule has 1 unspecified atom stereocenters. The summed E-state index contributed by atoms with van der Waals surface area (Å²) in [5.41, 5.74) is 3.11. The minimum Gasteiger partial charge on any atom is -0.493 e. The smallest absolute Gasteiger partial charge is 0.302 e. The standard InChI is InChI=1S/C24H28FN3O4S/c1-5-21-22(17-8-11-19(32-14-25)20(12-17)31-4)27-28(24(30)33-21)13-16-6-9-18(10-7-16)26-23(29)15(2)3/h6-12,15,21H,5,13-14H2,1-4H3,(H,26,29). The lowest BCUT2D eigenvalue weighted by Gasteiger charge is -2.28. The number of ether oxygens (including phenoxy) is 2. The zero-order valence-electron chi connectivity index (χ0n) is 19.1. The van der Waals surface area contributed by atoms with Crippen LogP contribution in [0.5, 0.6) is 11.5 Å². The third-order valence-electron chi connectivity index (χ3n) is 5.11. The Kier molecular flexibility index (Phi) is 8.32. The Morgan fingerprint density at radius 2 is 1.94 bits per heavy atom. The van der Waals surface area contributed by atoms with E-state index in [0.29, 0.717) is 23.7 Å². The average molecular weight is 474 g/mol. The van der Waals surface area contributed by atoms with E-state index in [-0.39, 0.29) is 22.3 Å². The van der Waals surface area contributed by atoms with E-state index in [1.54, 1.807) is 18.2 Å². The molecule has 7 nitrogen and oxygen atoms in total. The molecule has 0 radical (unpaired) electrons. The van der Waals surface area contributed by atoms with Crippen LogP contribution in [-0.4, -0.2) is 41.1 Å². The first-order chi connectivity index (χ1) is 15.9. The van der Waals surface area contributed by atoms with Crippen LogP contribution in [0.25, 0.3) is 0 Å². The van der Waals surface area contributed by atoms with Crippen molar-refractivity contribution in [3.63, 3.8) is 0 Å². The number of halogens is 1. The van der Waals surface area contributed by atoms with Crippen molar-refractivity contribution < 1.29 is 23.5 Å². The highest BCUT2D eigenvalue weighted by Crippen LogP contribution is 2.34. The molecule has 0 bridgehead atoms. The van der Waals surface area contributed by atoms with E-state index < -0.39 is 6.86 Å². The molecular formula is C24H28FN3O4S. The van der Waals surface area contributed by atoms with Gasteiger partial charge in [-0.05, 0) is 42.3 Å². The number of amides is 2. The number of hydrazone groups is 1. The third-order valence-corrected chi connectivity index (χ3v) is 6.36. The lowest BCUT2D eigenvalue weighted by atomic mass is 10.0. The van der Waals surface area contributed by atoms with Gasteiger partial charge in [0.15, 0.2) is 11.5 Å². The summed E-state index contributed by atoms with van der Waals surface area (Å²) in [6.07, 6.45) is 0.721. The number of nitrogens with zero attached hydrogens (tertiary/aromatic N) is 2. The lowest BCUT2D eigenvalue weighted by molar-refractivity contribution is -0.118. The summed E-state index contributed by atoms with van der Waals surface area (Å²) in [5, 5.41) is 8.71. The molecule has 2 amide bonds. The second kappa shape index (κ2) is 11.2. The van der Waals surface area contributed by atoms with Crippen LogP contribution in [0.4, 0.5) is 14.9 Å². The SMILES string of the molecule is CCC1SC(=O)N(Cc2ccc(NC(=O)C(C)C)cc2)N=C1c1ccc(OCF)c(OC)c1. The van der Waals surface area contributed by atoms with Crippen LogP contribution >= 0.6 is 11.8 Å². The van der Waals surface area contributed by atoms with Gasteiger partial charge >= 0.3 is 5.24 Å². The molecule has 2 aromatic rings. The first kappa shape index (κ1) is 24.6. The highest BCUT2D eigenvalue weighted by molar-refractivity contribution is 8.14. The number of carbonyl (C=O) groups is 2. The third kappa shape index (κ3) is 6.04. The number of thioether (sulfide) groups is 1. The highest BCUT2D eigenvalue weighted by atomic mass is 32.2. The van der Waals surface area contributed by atoms with Crippen LogP contribution in [0.3, 0.4) is 0 Å². The van der Waals surface area contributed by atoms with Crippen molar-refractivity contribution in [3.8, 4) is 11.5 Å². The van der Waals surface area contributed by atoms with E-state index in [4.69, 9.17) is 9.47 Å². The first-order valence-electron chi connectivity index (χ1n) is 10.7. The van der Waals surface area contributed by atoms with E-state index in [1.165, 1.54) is 23.9 Å². The van der Waals surface area contributed by atoms with Gasteiger partial charge < -0.3 is 14.8 Å². The minimum atomic E-state index is -0.952. The Labute approximate surface area is 197 Å². The first-order valence-corrected chi connectivity index (χ1v) is 11.6. The fourth-order valence-electron chi connectivity index (χ4n) is 3.25. The van der Waals surface area contributed by atoms with Gasteiger partial charge in [-0.2, -0.15) is 5.10 Å². The largest absolute Gasteiger partial charge is 0.493 e. The van der Waals surface area contributed by atoms with Crippen molar-refractivity contribution in [2.75, 3.05) is 19.3 Å². The molecule has 1 N–H and O–H groups in total. The van der Waals surface area contributed by atoms with Gasteiger partial charge in [0.05, 0.1) is 24.6 Å². The van der Waals surface area contributed by atoms with E-state index in [0.717, 1.165) is 23.3 Å². The molecule has 176 valence electrons. The van der Waals surface area contributed by atoms with Crippen LogP contribution in [0, 0.1) is 5.92 Å². The molecular weight excluding hydrogens is 445 g/mol. The quantitative estimate of drug-likeness (QED) is 0.524. The summed E-state index contributed by atoms with van der Waals surface area (Å²) in [4.78, 5) is 24.6. The molecule has 0 saturated heterocycles. The van der Waals surface area contributed by atoms with Crippen LogP contribution in [0.2, 0.25) is 0 Å². The minimum absolute atomic E-state index is 0.0523. The van der Waals surface area contributed by atoms with Gasteiger partial charge in [-0.1, -0.05) is 44.7 Å². The van der Waals surface area contributed by atoms with Gasteiger partial charge in [0.2, 0.25) is 12.8 Å². The molecule has 0 spiro atoms. The van der Waals surface area contributed by atoms with Crippen molar-refractivity contribution in [1.29, 1.82) is 0 Å². The number of nitrogens with one attached hydrogen (secondary N) is 1. The van der Waals surface area contributed by atoms with Gasteiger partial charge in [-0.25, -0.2) is 9.40 Å². The lowest BCUT2D eigenvalue weighted by Crippen LogP contribution is -2.34. The van der Waals surface area contributed by atoms with Crippen LogP contribution in [0.1, 0.15) is 38.3 Å². The van der Waals surface area contributed by atoms with Crippen molar-refractivity contribution in [3.05, 3.63) is 53.6 Å². The number of carbonyl (C=O) groups excluding carboxylic acids is 2. The number of methoxy groups -OCH3 is 1. The molecule has 3 rings (SSSR count). The monoisotopic (exact) mass is 473 g/mol. The summed E-state index contributed by atoms with van der Waals surface area (Å²) < 4.78 is 22.9. The van der Waals surface area contributed by atoms with Gasteiger partial charge in [0, 0.05) is 17.2 Å². The molecule has 0 aliphatic carbocycles. The van der Waals surface area contributed by atoms with Gasteiger partial charge in [0.1, 0.15) is 0 Å². The molecule has 33 heavy (non-hydrogen) atoms. The number of hydrogen-bond acceptors (Lipinski definition) is 6. The predicted octanol–water partition coefficient (Wildman–Crippen LogP) is 5.45. The molecule has 9 heteroatoms. The maximum absolute atomic E-state index is 12.7. The number of anilines is 1. The second-order valence-corrected chi connectivity index (χ2v) is 8.94. The summed E-state index contributed by atoms with van der Waals surface area (Å²) >= 11 is 1.23. The number of alkyl halides is 1. The van der Waals surface area contributed by atoms with Crippen LogP contribution in [0.15, 0.2) is 47.6 Å². The van der Waals surface area contributed by atoms with Gasteiger partial charge in [-0.3, -0.25) is 9.59 Å². The summed E-state index contributed by atoms with van der Waals surface area (Å²) in [6, 6.07) is 12.5. The maximum Gasteiger partial charge on any atom is 0.302 e. The molecule has 1 aliphatic rings. The molecule has 2 aromatic carbocycles. The number of rotatable bonds is 9. The molecule has 0 fully saturated rings. The Morgan fingerprint density at radius 3 is 2.55 bits per heavy atom. The normalized spacial score (nSPS) is 15.9. The van der Waals surface area contributed by atoms with E-state index in [1.807, 2.05) is 45.0 Å². The van der Waals surface area contributed by atoms with Crippen molar-refractivity contribution in [2.45, 2.75) is 39.0 Å². The second-order valence-electron chi connectivity index (χ2n) is 7.78. The molecule has 1 heterocycles. The highest BCUT2D eigenvalue weighted by Gasteiger charge is 2.30. The summed E-state index contributed by atoms with van der Waals surface area (Å²) in [6.45, 7) is 5.01. The fourth-order valence-corrected chi connectivity index (χ4v) is 4.18. The Morgan fingerprint density at radius 1 is 1.21 bits per heavy atom. The van der Waals surface area contributed by atoms with Gasteiger partial charge in [0.25, 0.3) is 0 Å². The molecule has 1 aliphatic heterocycles. The van der Waals surface area contributed by atoms with Crippen molar-refractivity contribution >= 4 is 34.3 Å². The molecule has 0 aromatic heterocycles. The van der Waals surface area contributed by atoms with E-state index in [9.17, 15) is 14.0 Å². The maximum atomic E-state index is 12.7. The van der Waals surface area contributed by atoms with Crippen molar-refractivity contribution in [1.82, 2.24) is 5.01 Å². The van der Waals surface area contributed by atoms with E-state index >= 15 is 0 Å².